The molecule has 1 spiro atoms. The number of nitrogens with one attached hydrogen (secondary N) is 2. The van der Waals surface area contributed by atoms with E-state index in [0.29, 0.717) is 11.6 Å². The van der Waals surface area contributed by atoms with Crippen LogP contribution in [0.15, 0.2) is 30.3 Å². The van der Waals surface area contributed by atoms with Crippen LogP contribution in [0.1, 0.15) is 35.4 Å². The first kappa shape index (κ1) is 14.0. The van der Waals surface area contributed by atoms with Crippen LogP contribution in [0.4, 0.5) is 0 Å². The Bertz CT molecular complexity index is 906. The standard InChI is InChI=1S/C18H18N2OS2/c21-17(20-11-5-8-19-18(10-11)6-7-18)15-9-14-16(23-15)12-3-1-2-4-13(12)22-14/h1-4,9,11,19H,5-8,10H2,(H,20,21). The van der Waals surface area contributed by atoms with Gasteiger partial charge in [0.15, 0.2) is 0 Å². The van der Waals surface area contributed by atoms with E-state index in [9.17, 15) is 4.79 Å². The van der Waals surface area contributed by atoms with Crippen LogP contribution in [0.3, 0.4) is 0 Å². The van der Waals surface area contributed by atoms with Gasteiger partial charge in [0.1, 0.15) is 0 Å². The zero-order valence-corrected chi connectivity index (χ0v) is 14.4. The summed E-state index contributed by atoms with van der Waals surface area (Å²) in [5, 5.41) is 8.14. The largest absolute Gasteiger partial charge is 0.348 e. The van der Waals surface area contributed by atoms with Gasteiger partial charge in [0.25, 0.3) is 5.91 Å². The van der Waals surface area contributed by atoms with Gasteiger partial charge in [-0.15, -0.1) is 22.7 Å². The number of carbonyl (C=O) groups is 1. The SMILES string of the molecule is O=C(NC1CCNC2(CC2)C1)c1cc2sc3ccccc3c2s1. The fraction of sp³-hybridized carbons (Fsp3) is 0.389. The molecule has 0 bridgehead atoms. The van der Waals surface area contributed by atoms with Crippen molar-refractivity contribution < 1.29 is 4.79 Å². The summed E-state index contributed by atoms with van der Waals surface area (Å²) in [5.41, 5.74) is 0.349. The third kappa shape index (κ3) is 2.38. The van der Waals surface area contributed by atoms with E-state index in [4.69, 9.17) is 0 Å². The molecule has 1 aliphatic heterocycles. The number of rotatable bonds is 2. The van der Waals surface area contributed by atoms with E-state index < -0.39 is 0 Å². The molecule has 1 saturated carbocycles. The van der Waals surface area contributed by atoms with Crippen molar-refractivity contribution in [2.45, 2.75) is 37.3 Å². The lowest BCUT2D eigenvalue weighted by Crippen LogP contribution is -2.49. The van der Waals surface area contributed by atoms with Gasteiger partial charge in [-0.3, -0.25) is 4.79 Å². The van der Waals surface area contributed by atoms with Gasteiger partial charge in [-0.25, -0.2) is 0 Å². The van der Waals surface area contributed by atoms with Gasteiger partial charge in [0.2, 0.25) is 0 Å². The summed E-state index contributed by atoms with van der Waals surface area (Å²) in [6.45, 7) is 1.02. The molecule has 2 aliphatic rings. The summed E-state index contributed by atoms with van der Waals surface area (Å²) in [5.74, 6) is 0.102. The maximum absolute atomic E-state index is 12.6. The smallest absolute Gasteiger partial charge is 0.261 e. The van der Waals surface area contributed by atoms with Crippen LogP contribution in [-0.4, -0.2) is 24.0 Å². The molecule has 2 fully saturated rings. The van der Waals surface area contributed by atoms with Crippen molar-refractivity contribution in [1.29, 1.82) is 0 Å². The van der Waals surface area contributed by atoms with Crippen molar-refractivity contribution in [2.75, 3.05) is 6.54 Å². The van der Waals surface area contributed by atoms with Crippen molar-refractivity contribution >= 4 is 48.1 Å². The van der Waals surface area contributed by atoms with E-state index in [1.54, 1.807) is 22.7 Å². The Balaban J connectivity index is 1.40. The number of fused-ring (bicyclic) bond motifs is 3. The maximum atomic E-state index is 12.6. The molecule has 1 aliphatic carbocycles. The minimum Gasteiger partial charge on any atom is -0.348 e. The predicted octanol–water partition coefficient (Wildman–Crippen LogP) is 4.13. The molecule has 1 atom stereocenters. The first-order valence-electron chi connectivity index (χ1n) is 8.19. The van der Waals surface area contributed by atoms with Crippen LogP contribution < -0.4 is 10.6 Å². The number of hydrogen-bond donors (Lipinski definition) is 2. The Morgan fingerprint density at radius 2 is 2.09 bits per heavy atom. The van der Waals surface area contributed by atoms with Gasteiger partial charge in [-0.2, -0.15) is 0 Å². The highest BCUT2D eigenvalue weighted by Gasteiger charge is 2.46. The van der Waals surface area contributed by atoms with E-state index >= 15 is 0 Å². The molecular weight excluding hydrogens is 324 g/mol. The molecule has 2 aromatic heterocycles. The summed E-state index contributed by atoms with van der Waals surface area (Å²) in [7, 11) is 0. The van der Waals surface area contributed by atoms with Crippen LogP contribution >= 0.6 is 22.7 Å². The number of amides is 1. The van der Waals surface area contributed by atoms with E-state index in [-0.39, 0.29) is 5.91 Å². The van der Waals surface area contributed by atoms with Gasteiger partial charge >= 0.3 is 0 Å². The van der Waals surface area contributed by atoms with Gasteiger partial charge in [-0.05, 0) is 44.4 Å². The van der Waals surface area contributed by atoms with E-state index in [2.05, 4.69) is 41.0 Å². The molecular formula is C18H18N2OS2. The lowest BCUT2D eigenvalue weighted by Gasteiger charge is -2.30. The monoisotopic (exact) mass is 342 g/mol. The molecule has 118 valence electrons. The molecule has 5 rings (SSSR count). The minimum absolute atomic E-state index is 0.102. The Morgan fingerprint density at radius 1 is 1.22 bits per heavy atom. The topological polar surface area (TPSA) is 41.1 Å². The fourth-order valence-corrected chi connectivity index (χ4v) is 6.11. The Kier molecular flexibility index (Phi) is 3.05. The van der Waals surface area contributed by atoms with Crippen LogP contribution in [-0.2, 0) is 0 Å². The third-order valence-corrected chi connectivity index (χ3v) is 7.51. The fourth-order valence-electron chi connectivity index (χ4n) is 3.68. The third-order valence-electron chi connectivity index (χ3n) is 5.09. The second-order valence-electron chi connectivity index (χ2n) is 6.77. The molecule has 0 radical (unpaired) electrons. The van der Waals surface area contributed by atoms with E-state index in [1.165, 1.54) is 32.3 Å². The molecule has 5 heteroatoms. The van der Waals surface area contributed by atoms with Crippen LogP contribution in [0, 0.1) is 0 Å². The zero-order chi connectivity index (χ0) is 15.4. The number of thiophene rings is 2. The van der Waals surface area contributed by atoms with E-state index in [1.807, 2.05) is 0 Å². The van der Waals surface area contributed by atoms with Gasteiger partial charge < -0.3 is 10.6 Å². The summed E-state index contributed by atoms with van der Waals surface area (Å²) >= 11 is 3.40. The Labute approximate surface area is 142 Å². The predicted molar refractivity (Wildman–Crippen MR) is 97.7 cm³/mol. The summed E-state index contributed by atoms with van der Waals surface area (Å²) in [4.78, 5) is 13.5. The molecule has 3 heterocycles. The molecule has 1 saturated heterocycles. The van der Waals surface area contributed by atoms with Crippen LogP contribution in [0.25, 0.3) is 19.5 Å². The summed E-state index contributed by atoms with van der Waals surface area (Å²) < 4.78 is 3.78. The highest BCUT2D eigenvalue weighted by atomic mass is 32.1. The molecule has 1 unspecified atom stereocenters. The van der Waals surface area contributed by atoms with Crippen LogP contribution in [0.5, 0.6) is 0 Å². The second-order valence-corrected chi connectivity index (χ2v) is 8.91. The van der Waals surface area contributed by atoms with Crippen molar-refractivity contribution in [3.63, 3.8) is 0 Å². The minimum atomic E-state index is 0.102. The normalized spacial score (nSPS) is 22.7. The molecule has 2 N–H and O–H groups in total. The molecule has 1 amide bonds. The van der Waals surface area contributed by atoms with Gasteiger partial charge in [-0.1, -0.05) is 18.2 Å². The molecule has 3 nitrogen and oxygen atoms in total. The van der Waals surface area contributed by atoms with Crippen molar-refractivity contribution in [2.24, 2.45) is 0 Å². The van der Waals surface area contributed by atoms with Crippen LogP contribution in [0.2, 0.25) is 0 Å². The quantitative estimate of drug-likeness (QED) is 0.735. The number of piperidine rings is 1. The maximum Gasteiger partial charge on any atom is 0.261 e. The van der Waals surface area contributed by atoms with Gasteiger partial charge in [0.05, 0.1) is 9.58 Å². The molecule has 23 heavy (non-hydrogen) atoms. The summed E-state index contributed by atoms with van der Waals surface area (Å²) in [6, 6.07) is 10.8. The highest BCUT2D eigenvalue weighted by Crippen LogP contribution is 2.42. The second kappa shape index (κ2) is 5.03. The van der Waals surface area contributed by atoms with Gasteiger partial charge in [0, 0.05) is 26.4 Å². The summed E-state index contributed by atoms with van der Waals surface area (Å²) in [6.07, 6.45) is 4.65. The number of carbonyl (C=O) groups excluding carboxylic acids is 1. The average molecular weight is 342 g/mol. The highest BCUT2D eigenvalue weighted by molar-refractivity contribution is 7.33. The first-order chi connectivity index (χ1) is 11.2. The first-order valence-corrected chi connectivity index (χ1v) is 9.83. The average Bonchev–Trinajstić information content (AvgIpc) is 3.02. The zero-order valence-electron chi connectivity index (χ0n) is 12.7. The lowest BCUT2D eigenvalue weighted by molar-refractivity contribution is 0.0927. The Hall–Kier alpha value is -1.43. The lowest BCUT2D eigenvalue weighted by atomic mass is 9.97. The number of hydrogen-bond acceptors (Lipinski definition) is 4. The molecule has 3 aromatic rings. The Morgan fingerprint density at radius 3 is 2.96 bits per heavy atom. The van der Waals surface area contributed by atoms with E-state index in [0.717, 1.165) is 24.3 Å². The molecule has 1 aromatic carbocycles. The van der Waals surface area contributed by atoms with Crippen molar-refractivity contribution in [3.8, 4) is 0 Å². The van der Waals surface area contributed by atoms with Crippen molar-refractivity contribution in [1.82, 2.24) is 10.6 Å². The number of benzene rings is 1. The van der Waals surface area contributed by atoms with Crippen molar-refractivity contribution in [3.05, 3.63) is 35.2 Å².